The summed E-state index contributed by atoms with van der Waals surface area (Å²) in [6, 6.07) is 7.61. The maximum atomic E-state index is 12.5. The zero-order valence-electron chi connectivity index (χ0n) is 14.1. The second kappa shape index (κ2) is 7.09. The van der Waals surface area contributed by atoms with Gasteiger partial charge in [-0.3, -0.25) is 9.69 Å². The Morgan fingerprint density at radius 3 is 2.69 bits per heavy atom. The topological polar surface area (TPSA) is 103 Å². The highest BCUT2D eigenvalue weighted by atomic mass is 32.2. The van der Waals surface area contributed by atoms with Gasteiger partial charge in [-0.25, -0.2) is 9.79 Å². The van der Waals surface area contributed by atoms with Crippen LogP contribution in [-0.2, 0) is 4.79 Å². The van der Waals surface area contributed by atoms with E-state index in [4.69, 9.17) is 9.52 Å². The van der Waals surface area contributed by atoms with E-state index in [0.717, 1.165) is 5.76 Å². The molecule has 0 aliphatic carbocycles. The number of amidine groups is 1. The van der Waals surface area contributed by atoms with Crippen molar-refractivity contribution in [2.24, 2.45) is 4.99 Å². The van der Waals surface area contributed by atoms with E-state index in [9.17, 15) is 14.7 Å². The van der Waals surface area contributed by atoms with Gasteiger partial charge in [0.05, 0.1) is 10.6 Å². The number of rotatable bonds is 4. The van der Waals surface area contributed by atoms with E-state index >= 15 is 0 Å². The number of furan rings is 1. The number of aliphatic imine (C=N–C) groups is 1. The molecule has 0 bridgehead atoms. The molecule has 0 atom stereocenters. The van der Waals surface area contributed by atoms with Gasteiger partial charge in [-0.2, -0.15) is 0 Å². The number of aryl methyl sites for hydroxylation is 1. The zero-order chi connectivity index (χ0) is 18.8. The highest BCUT2D eigenvalue weighted by Crippen LogP contribution is 2.35. The summed E-state index contributed by atoms with van der Waals surface area (Å²) in [6.07, 6.45) is 1.66. The molecule has 1 aliphatic heterocycles. The van der Waals surface area contributed by atoms with Gasteiger partial charge in [0.25, 0.3) is 5.91 Å². The van der Waals surface area contributed by atoms with Crippen molar-refractivity contribution in [1.29, 1.82) is 0 Å². The number of hydrogen-bond acceptors (Lipinski definition) is 6. The predicted octanol–water partition coefficient (Wildman–Crippen LogP) is 3.62. The van der Waals surface area contributed by atoms with Crippen LogP contribution in [0, 0.1) is 6.92 Å². The van der Waals surface area contributed by atoms with E-state index < -0.39 is 5.97 Å². The lowest BCUT2D eigenvalue weighted by Crippen LogP contribution is -2.28. The normalized spacial score (nSPS) is 17.5. The number of aromatic carboxylic acids is 1. The van der Waals surface area contributed by atoms with E-state index in [1.165, 1.54) is 34.9 Å². The van der Waals surface area contributed by atoms with E-state index in [1.54, 1.807) is 12.1 Å². The molecule has 1 saturated heterocycles. The van der Waals surface area contributed by atoms with Crippen molar-refractivity contribution < 1.29 is 24.2 Å². The Hall–Kier alpha value is -3.00. The Balaban J connectivity index is 1.93. The van der Waals surface area contributed by atoms with Crippen molar-refractivity contribution >= 4 is 40.6 Å². The van der Waals surface area contributed by atoms with Crippen molar-refractivity contribution in [2.45, 2.75) is 13.8 Å². The van der Waals surface area contributed by atoms with Gasteiger partial charge in [-0.1, -0.05) is 0 Å². The lowest BCUT2D eigenvalue weighted by atomic mass is 10.2. The fourth-order valence-electron chi connectivity index (χ4n) is 2.41. The lowest BCUT2D eigenvalue weighted by molar-refractivity contribution is -0.122. The minimum absolute atomic E-state index is 0.184. The van der Waals surface area contributed by atoms with Crippen LogP contribution >= 0.6 is 11.8 Å². The molecule has 2 heterocycles. The first-order chi connectivity index (χ1) is 12.4. The first-order valence-corrected chi connectivity index (χ1v) is 8.63. The molecule has 1 aliphatic rings. The molecular formula is C18H16N2O5S. The van der Waals surface area contributed by atoms with E-state index in [1.807, 2.05) is 19.9 Å². The molecule has 2 aromatic rings. The largest absolute Gasteiger partial charge is 0.507 e. The predicted molar refractivity (Wildman–Crippen MR) is 98.6 cm³/mol. The standard InChI is InChI=1S/C18H16N2O5S/c1-3-20-16(22)15(9-12-6-4-10(2)25-12)26-18(20)19-11-5-7-13(17(23)24)14(21)8-11/h4-9,21H,3H2,1-2H3,(H,23,24)/b15-9-,19-18?. The Morgan fingerprint density at radius 1 is 1.35 bits per heavy atom. The van der Waals surface area contributed by atoms with Crippen LogP contribution in [0.4, 0.5) is 5.69 Å². The maximum Gasteiger partial charge on any atom is 0.339 e. The first-order valence-electron chi connectivity index (χ1n) is 7.82. The summed E-state index contributed by atoms with van der Waals surface area (Å²) in [5.74, 6) is -0.446. The van der Waals surface area contributed by atoms with Crippen molar-refractivity contribution in [3.05, 3.63) is 52.3 Å². The number of hydrogen-bond donors (Lipinski definition) is 2. The fraction of sp³-hybridized carbons (Fsp3) is 0.167. The molecule has 134 valence electrons. The Morgan fingerprint density at radius 2 is 2.12 bits per heavy atom. The lowest BCUT2D eigenvalue weighted by Gasteiger charge is -2.12. The Bertz CT molecular complexity index is 945. The van der Waals surface area contributed by atoms with Gasteiger partial charge in [0.15, 0.2) is 5.17 Å². The van der Waals surface area contributed by atoms with Crippen molar-refractivity contribution in [2.75, 3.05) is 6.54 Å². The molecule has 8 heteroatoms. The molecule has 0 saturated carbocycles. The van der Waals surface area contributed by atoms with E-state index in [2.05, 4.69) is 4.99 Å². The number of carboxylic acids is 1. The molecule has 0 radical (unpaired) electrons. The second-order valence-electron chi connectivity index (χ2n) is 5.51. The summed E-state index contributed by atoms with van der Waals surface area (Å²) >= 11 is 1.20. The minimum Gasteiger partial charge on any atom is -0.507 e. The zero-order valence-corrected chi connectivity index (χ0v) is 14.9. The number of benzene rings is 1. The van der Waals surface area contributed by atoms with Gasteiger partial charge in [0, 0.05) is 18.7 Å². The number of likely N-dealkylation sites (N-methyl/N-ethyl adjacent to an activating group) is 1. The van der Waals surface area contributed by atoms with Crippen LogP contribution in [0.5, 0.6) is 5.75 Å². The summed E-state index contributed by atoms with van der Waals surface area (Å²) in [5, 5.41) is 19.2. The maximum absolute atomic E-state index is 12.5. The van der Waals surface area contributed by atoms with Crippen molar-refractivity contribution in [3.63, 3.8) is 0 Å². The molecule has 3 rings (SSSR count). The second-order valence-corrected chi connectivity index (χ2v) is 6.52. The third kappa shape index (κ3) is 3.50. The average molecular weight is 372 g/mol. The summed E-state index contributed by atoms with van der Waals surface area (Å²) in [6.45, 7) is 4.08. The molecule has 1 fully saturated rings. The van der Waals surface area contributed by atoms with E-state index in [-0.39, 0.29) is 17.2 Å². The van der Waals surface area contributed by atoms with Crippen LogP contribution in [0.15, 0.2) is 44.6 Å². The Labute approximate surface area is 153 Å². The van der Waals surface area contributed by atoms with Crippen molar-refractivity contribution in [3.8, 4) is 5.75 Å². The van der Waals surface area contributed by atoms with Crippen LogP contribution < -0.4 is 0 Å². The molecule has 7 nitrogen and oxygen atoms in total. The molecule has 26 heavy (non-hydrogen) atoms. The van der Waals surface area contributed by atoms with Gasteiger partial charge in [0.1, 0.15) is 22.8 Å². The molecule has 0 unspecified atom stereocenters. The molecule has 2 N–H and O–H groups in total. The number of carboxylic acid groups (broad SMARTS) is 1. The SMILES string of the molecule is CCN1C(=O)/C(=C/c2ccc(C)o2)SC1=Nc1ccc(C(=O)O)c(O)c1. The number of carbonyl (C=O) groups excluding carboxylic acids is 1. The van der Waals surface area contributed by atoms with Crippen LogP contribution in [0.1, 0.15) is 28.8 Å². The summed E-state index contributed by atoms with van der Waals surface area (Å²) in [4.78, 5) is 29.9. The van der Waals surface area contributed by atoms with Crippen LogP contribution in [0.2, 0.25) is 0 Å². The number of phenols is 1. The molecule has 1 amide bonds. The highest BCUT2D eigenvalue weighted by Gasteiger charge is 2.32. The Kier molecular flexibility index (Phi) is 4.85. The van der Waals surface area contributed by atoms with Gasteiger partial charge in [0.2, 0.25) is 0 Å². The first kappa shape index (κ1) is 17.8. The molecular weight excluding hydrogens is 356 g/mol. The smallest absolute Gasteiger partial charge is 0.339 e. The monoisotopic (exact) mass is 372 g/mol. The third-order valence-electron chi connectivity index (χ3n) is 3.68. The number of nitrogens with zero attached hydrogens (tertiary/aromatic N) is 2. The van der Waals surface area contributed by atoms with Gasteiger partial charge in [-0.05, 0) is 49.9 Å². The average Bonchev–Trinajstić information content (AvgIpc) is 3.11. The molecule has 1 aromatic carbocycles. The van der Waals surface area contributed by atoms with Gasteiger partial charge >= 0.3 is 5.97 Å². The van der Waals surface area contributed by atoms with E-state index in [0.29, 0.717) is 28.1 Å². The van der Waals surface area contributed by atoms with Gasteiger partial charge in [-0.15, -0.1) is 0 Å². The van der Waals surface area contributed by atoms with Crippen LogP contribution in [-0.4, -0.2) is 38.7 Å². The van der Waals surface area contributed by atoms with Crippen LogP contribution in [0.3, 0.4) is 0 Å². The molecule has 1 aromatic heterocycles. The summed E-state index contributed by atoms with van der Waals surface area (Å²) in [7, 11) is 0. The van der Waals surface area contributed by atoms with Crippen molar-refractivity contribution in [1.82, 2.24) is 4.90 Å². The quantitative estimate of drug-likeness (QED) is 0.795. The van der Waals surface area contributed by atoms with Gasteiger partial charge < -0.3 is 14.6 Å². The number of aromatic hydroxyl groups is 1. The highest BCUT2D eigenvalue weighted by molar-refractivity contribution is 8.18. The summed E-state index contributed by atoms with van der Waals surface area (Å²) < 4.78 is 5.48. The molecule has 0 spiro atoms. The fourth-order valence-corrected chi connectivity index (χ4v) is 3.45. The van der Waals surface area contributed by atoms with Crippen LogP contribution in [0.25, 0.3) is 6.08 Å². The number of thioether (sulfide) groups is 1. The number of amides is 1. The number of carbonyl (C=O) groups is 2. The minimum atomic E-state index is -1.22. The third-order valence-corrected chi connectivity index (χ3v) is 4.68. The summed E-state index contributed by atoms with van der Waals surface area (Å²) in [5.41, 5.74) is 0.154.